The van der Waals surface area contributed by atoms with Crippen molar-refractivity contribution in [3.8, 4) is 0 Å². The minimum atomic E-state index is -4.36. The first-order valence-electron chi connectivity index (χ1n) is 7.48. The summed E-state index contributed by atoms with van der Waals surface area (Å²) in [5.41, 5.74) is 5.71. The Morgan fingerprint density at radius 2 is 2.18 bits per heavy atom. The van der Waals surface area contributed by atoms with E-state index in [4.69, 9.17) is 5.73 Å². The predicted molar refractivity (Wildman–Crippen MR) is 78.3 cm³/mol. The van der Waals surface area contributed by atoms with Crippen LogP contribution in [-0.2, 0) is 11.0 Å². The summed E-state index contributed by atoms with van der Waals surface area (Å²) >= 11 is 0. The standard InChI is InChI=1S/C16H21F3N2O/c1-11(8-15(22)21-7-3-6-14(20)10-21)12-4-2-5-13(9-12)16(17,18)19/h2,4-5,9,11,14H,3,6-8,10,20H2,1H3. The largest absolute Gasteiger partial charge is 0.416 e. The molecule has 1 aromatic rings. The maximum Gasteiger partial charge on any atom is 0.416 e. The Labute approximate surface area is 128 Å². The first kappa shape index (κ1) is 16.8. The summed E-state index contributed by atoms with van der Waals surface area (Å²) in [6.07, 6.45) is -2.37. The third kappa shape index (κ3) is 4.22. The number of hydrogen-bond acceptors (Lipinski definition) is 2. The van der Waals surface area contributed by atoms with Crippen LogP contribution in [0.2, 0.25) is 0 Å². The van der Waals surface area contributed by atoms with Crippen molar-refractivity contribution in [3.63, 3.8) is 0 Å². The number of likely N-dealkylation sites (tertiary alicyclic amines) is 1. The van der Waals surface area contributed by atoms with Gasteiger partial charge in [0.2, 0.25) is 5.91 Å². The van der Waals surface area contributed by atoms with Crippen LogP contribution in [0.5, 0.6) is 0 Å². The average molecular weight is 314 g/mol. The molecule has 1 aliphatic rings. The number of amides is 1. The van der Waals surface area contributed by atoms with Gasteiger partial charge in [0.15, 0.2) is 0 Å². The van der Waals surface area contributed by atoms with Gasteiger partial charge in [-0.05, 0) is 30.4 Å². The van der Waals surface area contributed by atoms with E-state index in [9.17, 15) is 18.0 Å². The molecule has 2 unspecified atom stereocenters. The van der Waals surface area contributed by atoms with Gasteiger partial charge in [0.25, 0.3) is 0 Å². The van der Waals surface area contributed by atoms with Gasteiger partial charge in [0.1, 0.15) is 0 Å². The Balaban J connectivity index is 2.02. The van der Waals surface area contributed by atoms with E-state index in [0.29, 0.717) is 18.7 Å². The summed E-state index contributed by atoms with van der Waals surface area (Å²) in [5, 5.41) is 0. The van der Waals surface area contributed by atoms with Gasteiger partial charge >= 0.3 is 6.18 Å². The van der Waals surface area contributed by atoms with Crippen LogP contribution in [0.4, 0.5) is 13.2 Å². The van der Waals surface area contributed by atoms with Crippen molar-refractivity contribution in [2.45, 2.75) is 44.3 Å². The fourth-order valence-electron chi connectivity index (χ4n) is 2.77. The second-order valence-corrected chi connectivity index (χ2v) is 5.97. The highest BCUT2D eigenvalue weighted by atomic mass is 19.4. The topological polar surface area (TPSA) is 46.3 Å². The molecule has 1 fully saturated rings. The quantitative estimate of drug-likeness (QED) is 0.931. The first-order chi connectivity index (χ1) is 10.3. The lowest BCUT2D eigenvalue weighted by molar-refractivity contribution is -0.137. The van der Waals surface area contributed by atoms with Crippen molar-refractivity contribution in [3.05, 3.63) is 35.4 Å². The molecule has 0 bridgehead atoms. The molecule has 22 heavy (non-hydrogen) atoms. The number of rotatable bonds is 3. The zero-order chi connectivity index (χ0) is 16.3. The maximum atomic E-state index is 12.7. The molecule has 2 atom stereocenters. The van der Waals surface area contributed by atoms with Gasteiger partial charge in [-0.3, -0.25) is 4.79 Å². The Morgan fingerprint density at radius 1 is 1.45 bits per heavy atom. The van der Waals surface area contributed by atoms with Crippen LogP contribution in [0.25, 0.3) is 0 Å². The summed E-state index contributed by atoms with van der Waals surface area (Å²) in [4.78, 5) is 14.0. The van der Waals surface area contributed by atoms with Crippen LogP contribution in [0.3, 0.4) is 0 Å². The van der Waals surface area contributed by atoms with Crippen molar-refractivity contribution >= 4 is 5.91 Å². The highest BCUT2D eigenvalue weighted by Crippen LogP contribution is 2.32. The Hall–Kier alpha value is -1.56. The summed E-state index contributed by atoms with van der Waals surface area (Å²) in [5.74, 6) is -0.298. The molecule has 2 rings (SSSR count). The summed E-state index contributed by atoms with van der Waals surface area (Å²) in [6.45, 7) is 2.99. The maximum absolute atomic E-state index is 12.7. The predicted octanol–water partition coefficient (Wildman–Crippen LogP) is 3.15. The first-order valence-corrected chi connectivity index (χ1v) is 7.48. The Kier molecular flexibility index (Phi) is 5.11. The summed E-state index contributed by atoms with van der Waals surface area (Å²) in [6, 6.07) is 5.19. The van der Waals surface area contributed by atoms with Crippen molar-refractivity contribution in [2.24, 2.45) is 5.73 Å². The third-order valence-corrected chi connectivity index (χ3v) is 4.07. The van der Waals surface area contributed by atoms with Gasteiger partial charge < -0.3 is 10.6 Å². The normalized spacial score (nSPS) is 20.8. The Bertz CT molecular complexity index is 530. The fourth-order valence-corrected chi connectivity index (χ4v) is 2.77. The number of nitrogens with zero attached hydrogens (tertiary/aromatic N) is 1. The van der Waals surface area contributed by atoms with Crippen LogP contribution < -0.4 is 5.73 Å². The number of carbonyl (C=O) groups excluding carboxylic acids is 1. The molecule has 1 heterocycles. The van der Waals surface area contributed by atoms with Crippen LogP contribution in [-0.4, -0.2) is 29.9 Å². The van der Waals surface area contributed by atoms with E-state index in [2.05, 4.69) is 0 Å². The van der Waals surface area contributed by atoms with Crippen LogP contribution in [0.15, 0.2) is 24.3 Å². The minimum Gasteiger partial charge on any atom is -0.341 e. The summed E-state index contributed by atoms with van der Waals surface area (Å²) in [7, 11) is 0. The van der Waals surface area contributed by atoms with Crippen molar-refractivity contribution in [1.29, 1.82) is 0 Å². The smallest absolute Gasteiger partial charge is 0.341 e. The van der Waals surface area contributed by atoms with E-state index in [1.165, 1.54) is 6.07 Å². The molecule has 0 aromatic heterocycles. The number of nitrogens with two attached hydrogens (primary N) is 1. The lowest BCUT2D eigenvalue weighted by Crippen LogP contribution is -2.45. The van der Waals surface area contributed by atoms with Gasteiger partial charge in [-0.1, -0.05) is 25.1 Å². The Morgan fingerprint density at radius 3 is 2.82 bits per heavy atom. The molecular formula is C16H21F3N2O. The number of halogens is 3. The molecule has 0 aliphatic carbocycles. The van der Waals surface area contributed by atoms with Crippen molar-refractivity contribution < 1.29 is 18.0 Å². The molecular weight excluding hydrogens is 293 g/mol. The molecule has 1 aromatic carbocycles. The molecule has 122 valence electrons. The molecule has 3 nitrogen and oxygen atoms in total. The fraction of sp³-hybridized carbons (Fsp3) is 0.562. The third-order valence-electron chi connectivity index (χ3n) is 4.07. The number of carbonyl (C=O) groups is 1. The lowest BCUT2D eigenvalue weighted by Gasteiger charge is -2.31. The highest BCUT2D eigenvalue weighted by Gasteiger charge is 2.31. The second kappa shape index (κ2) is 6.69. The van der Waals surface area contributed by atoms with E-state index in [-0.39, 0.29) is 24.3 Å². The van der Waals surface area contributed by atoms with Crippen molar-refractivity contribution in [2.75, 3.05) is 13.1 Å². The van der Waals surface area contributed by atoms with Gasteiger partial charge in [-0.15, -0.1) is 0 Å². The van der Waals surface area contributed by atoms with Crippen LogP contribution in [0, 0.1) is 0 Å². The number of alkyl halides is 3. The second-order valence-electron chi connectivity index (χ2n) is 5.97. The van der Waals surface area contributed by atoms with Crippen molar-refractivity contribution in [1.82, 2.24) is 4.90 Å². The highest BCUT2D eigenvalue weighted by molar-refractivity contribution is 5.77. The molecule has 1 aliphatic heterocycles. The van der Waals surface area contributed by atoms with Gasteiger partial charge in [-0.25, -0.2) is 0 Å². The monoisotopic (exact) mass is 314 g/mol. The molecule has 0 radical (unpaired) electrons. The zero-order valence-electron chi connectivity index (χ0n) is 12.6. The van der Waals surface area contributed by atoms with E-state index >= 15 is 0 Å². The molecule has 0 saturated carbocycles. The molecule has 1 amide bonds. The number of piperidine rings is 1. The number of benzene rings is 1. The molecule has 1 saturated heterocycles. The van der Waals surface area contributed by atoms with Gasteiger partial charge in [-0.2, -0.15) is 13.2 Å². The van der Waals surface area contributed by atoms with Crippen LogP contribution in [0.1, 0.15) is 43.2 Å². The molecule has 2 N–H and O–H groups in total. The minimum absolute atomic E-state index is 0.00145. The van der Waals surface area contributed by atoms with E-state index < -0.39 is 11.7 Å². The zero-order valence-corrected chi connectivity index (χ0v) is 12.6. The summed E-state index contributed by atoms with van der Waals surface area (Å²) < 4.78 is 38.2. The molecule has 0 spiro atoms. The van der Waals surface area contributed by atoms with Crippen LogP contribution >= 0.6 is 0 Å². The SMILES string of the molecule is CC(CC(=O)N1CCCC(N)C1)c1cccc(C(F)(F)F)c1. The number of hydrogen-bond donors (Lipinski definition) is 1. The average Bonchev–Trinajstić information content (AvgIpc) is 2.46. The van der Waals surface area contributed by atoms with E-state index in [1.54, 1.807) is 17.9 Å². The van der Waals surface area contributed by atoms with E-state index in [1.807, 2.05) is 0 Å². The van der Waals surface area contributed by atoms with Gasteiger partial charge in [0.05, 0.1) is 5.56 Å². The van der Waals surface area contributed by atoms with E-state index in [0.717, 1.165) is 25.0 Å². The molecule has 6 heteroatoms. The van der Waals surface area contributed by atoms with Gasteiger partial charge in [0, 0.05) is 25.6 Å². The lowest BCUT2D eigenvalue weighted by atomic mass is 9.95.